The van der Waals surface area contributed by atoms with E-state index in [0.717, 1.165) is 0 Å². The summed E-state index contributed by atoms with van der Waals surface area (Å²) in [6, 6.07) is 7.13. The van der Waals surface area contributed by atoms with Gasteiger partial charge in [-0.3, -0.25) is 4.79 Å². The third-order valence-corrected chi connectivity index (χ3v) is 2.38. The molecule has 3 nitrogen and oxygen atoms in total. The SMILES string of the molecule is CC(CCOc1ccccc1Cl)C(=O)O. The fraction of sp³-hybridized carbons (Fsp3) is 0.364. The van der Waals surface area contributed by atoms with E-state index in [1.807, 2.05) is 12.1 Å². The second-order valence-corrected chi connectivity index (χ2v) is 3.71. The summed E-state index contributed by atoms with van der Waals surface area (Å²) in [7, 11) is 0. The van der Waals surface area contributed by atoms with Crippen LogP contribution in [0.5, 0.6) is 5.75 Å². The minimum atomic E-state index is -0.808. The molecule has 4 heteroatoms. The lowest BCUT2D eigenvalue weighted by Crippen LogP contribution is -2.13. The van der Waals surface area contributed by atoms with Crippen LogP contribution in [0.4, 0.5) is 0 Å². The number of carboxylic acid groups (broad SMARTS) is 1. The second kappa shape index (κ2) is 5.61. The molecular weight excluding hydrogens is 216 g/mol. The zero-order chi connectivity index (χ0) is 11.3. The van der Waals surface area contributed by atoms with Gasteiger partial charge in [-0.1, -0.05) is 30.7 Å². The molecule has 0 heterocycles. The van der Waals surface area contributed by atoms with Crippen molar-refractivity contribution in [2.24, 2.45) is 5.92 Å². The molecule has 0 saturated heterocycles. The van der Waals surface area contributed by atoms with Crippen molar-refractivity contribution in [3.63, 3.8) is 0 Å². The Balaban J connectivity index is 2.38. The number of hydrogen-bond acceptors (Lipinski definition) is 2. The predicted octanol–water partition coefficient (Wildman–Crippen LogP) is 2.83. The first-order valence-corrected chi connectivity index (χ1v) is 5.09. The number of aliphatic carboxylic acids is 1. The quantitative estimate of drug-likeness (QED) is 0.843. The van der Waals surface area contributed by atoms with Crippen molar-refractivity contribution in [3.8, 4) is 5.75 Å². The van der Waals surface area contributed by atoms with Gasteiger partial charge in [0, 0.05) is 0 Å². The van der Waals surface area contributed by atoms with Gasteiger partial charge in [0.25, 0.3) is 0 Å². The van der Waals surface area contributed by atoms with Crippen LogP contribution in [0.3, 0.4) is 0 Å². The summed E-state index contributed by atoms with van der Waals surface area (Å²) >= 11 is 5.86. The highest BCUT2D eigenvalue weighted by Gasteiger charge is 2.10. The Morgan fingerprint density at radius 1 is 1.53 bits per heavy atom. The van der Waals surface area contributed by atoms with Gasteiger partial charge < -0.3 is 9.84 Å². The summed E-state index contributed by atoms with van der Waals surface area (Å²) in [5.74, 6) is -0.609. The molecule has 0 spiro atoms. The van der Waals surface area contributed by atoms with E-state index in [0.29, 0.717) is 23.8 Å². The molecule has 1 aromatic rings. The van der Waals surface area contributed by atoms with Gasteiger partial charge in [0.15, 0.2) is 0 Å². The highest BCUT2D eigenvalue weighted by molar-refractivity contribution is 6.32. The molecule has 1 aromatic carbocycles. The second-order valence-electron chi connectivity index (χ2n) is 3.31. The number of rotatable bonds is 5. The minimum absolute atomic E-state index is 0.358. The van der Waals surface area contributed by atoms with Crippen molar-refractivity contribution in [2.75, 3.05) is 6.61 Å². The van der Waals surface area contributed by atoms with Gasteiger partial charge in [-0.25, -0.2) is 0 Å². The Bertz CT molecular complexity index is 338. The standard InChI is InChI=1S/C11H13ClO3/c1-8(11(13)14)6-7-15-10-5-3-2-4-9(10)12/h2-5,8H,6-7H2,1H3,(H,13,14). The lowest BCUT2D eigenvalue weighted by Gasteiger charge is -2.09. The number of para-hydroxylation sites is 1. The van der Waals surface area contributed by atoms with Crippen LogP contribution >= 0.6 is 11.6 Å². The Morgan fingerprint density at radius 3 is 2.80 bits per heavy atom. The lowest BCUT2D eigenvalue weighted by molar-refractivity contribution is -0.141. The van der Waals surface area contributed by atoms with Gasteiger partial charge >= 0.3 is 5.97 Å². The van der Waals surface area contributed by atoms with Crippen LogP contribution < -0.4 is 4.74 Å². The minimum Gasteiger partial charge on any atom is -0.492 e. The number of carboxylic acids is 1. The van der Waals surface area contributed by atoms with Gasteiger partial charge in [0.1, 0.15) is 5.75 Å². The molecule has 0 fully saturated rings. The summed E-state index contributed by atoms with van der Waals surface area (Å²) in [4.78, 5) is 10.5. The molecule has 0 radical (unpaired) electrons. The molecule has 15 heavy (non-hydrogen) atoms. The van der Waals surface area contributed by atoms with Crippen LogP contribution in [0, 0.1) is 5.92 Å². The van der Waals surface area contributed by atoms with E-state index in [-0.39, 0.29) is 0 Å². The van der Waals surface area contributed by atoms with Crippen LogP contribution in [-0.4, -0.2) is 17.7 Å². The average molecular weight is 229 g/mol. The lowest BCUT2D eigenvalue weighted by atomic mass is 10.1. The molecule has 1 rings (SSSR count). The van der Waals surface area contributed by atoms with Crippen molar-refractivity contribution in [1.82, 2.24) is 0 Å². The summed E-state index contributed by atoms with van der Waals surface area (Å²) in [5.41, 5.74) is 0. The number of halogens is 1. The number of carbonyl (C=O) groups is 1. The monoisotopic (exact) mass is 228 g/mol. The number of ether oxygens (including phenoxy) is 1. The summed E-state index contributed by atoms with van der Waals surface area (Å²) in [6.45, 7) is 2.01. The predicted molar refractivity (Wildman–Crippen MR) is 58.4 cm³/mol. The van der Waals surface area contributed by atoms with Gasteiger partial charge in [0.05, 0.1) is 17.5 Å². The van der Waals surface area contributed by atoms with E-state index in [1.54, 1.807) is 19.1 Å². The van der Waals surface area contributed by atoms with E-state index in [2.05, 4.69) is 0 Å². The van der Waals surface area contributed by atoms with Crippen molar-refractivity contribution in [2.45, 2.75) is 13.3 Å². The van der Waals surface area contributed by atoms with Crippen molar-refractivity contribution in [3.05, 3.63) is 29.3 Å². The van der Waals surface area contributed by atoms with E-state index < -0.39 is 11.9 Å². The van der Waals surface area contributed by atoms with Crippen LogP contribution in [0.2, 0.25) is 5.02 Å². The Labute approximate surface area is 93.6 Å². The van der Waals surface area contributed by atoms with Gasteiger partial charge in [0.2, 0.25) is 0 Å². The van der Waals surface area contributed by atoms with E-state index in [1.165, 1.54) is 0 Å². The summed E-state index contributed by atoms with van der Waals surface area (Å²) in [6.07, 6.45) is 0.473. The van der Waals surface area contributed by atoms with E-state index >= 15 is 0 Å². The smallest absolute Gasteiger partial charge is 0.306 e. The maximum absolute atomic E-state index is 10.5. The highest BCUT2D eigenvalue weighted by Crippen LogP contribution is 2.23. The Kier molecular flexibility index (Phi) is 4.43. The molecule has 0 aliphatic rings. The molecule has 0 saturated carbocycles. The maximum Gasteiger partial charge on any atom is 0.306 e. The van der Waals surface area contributed by atoms with Crippen molar-refractivity contribution in [1.29, 1.82) is 0 Å². The first kappa shape index (κ1) is 11.9. The molecule has 0 bridgehead atoms. The molecule has 0 amide bonds. The number of benzene rings is 1. The van der Waals surface area contributed by atoms with Crippen molar-refractivity contribution >= 4 is 17.6 Å². The topological polar surface area (TPSA) is 46.5 Å². The molecule has 1 unspecified atom stereocenters. The molecule has 0 aliphatic carbocycles. The molecule has 1 atom stereocenters. The Hall–Kier alpha value is -1.22. The van der Waals surface area contributed by atoms with Gasteiger partial charge in [-0.2, -0.15) is 0 Å². The third kappa shape index (κ3) is 3.80. The van der Waals surface area contributed by atoms with Crippen molar-refractivity contribution < 1.29 is 14.6 Å². The first-order chi connectivity index (χ1) is 7.11. The van der Waals surface area contributed by atoms with Crippen LogP contribution in [-0.2, 0) is 4.79 Å². The number of hydrogen-bond donors (Lipinski definition) is 1. The van der Waals surface area contributed by atoms with Gasteiger partial charge in [-0.05, 0) is 18.6 Å². The van der Waals surface area contributed by atoms with Crippen LogP contribution in [0.25, 0.3) is 0 Å². The molecule has 82 valence electrons. The fourth-order valence-corrected chi connectivity index (χ4v) is 1.22. The molecule has 1 N–H and O–H groups in total. The van der Waals surface area contributed by atoms with E-state index in [4.69, 9.17) is 21.4 Å². The van der Waals surface area contributed by atoms with Crippen LogP contribution in [0.1, 0.15) is 13.3 Å². The summed E-state index contributed by atoms with van der Waals surface area (Å²) < 4.78 is 5.36. The average Bonchev–Trinajstić information content (AvgIpc) is 2.20. The Morgan fingerprint density at radius 2 is 2.20 bits per heavy atom. The molecule has 0 aromatic heterocycles. The highest BCUT2D eigenvalue weighted by atomic mass is 35.5. The third-order valence-electron chi connectivity index (χ3n) is 2.07. The van der Waals surface area contributed by atoms with Crippen LogP contribution in [0.15, 0.2) is 24.3 Å². The normalized spacial score (nSPS) is 12.1. The van der Waals surface area contributed by atoms with Gasteiger partial charge in [-0.15, -0.1) is 0 Å². The summed E-state index contributed by atoms with van der Waals surface area (Å²) in [5, 5.41) is 9.19. The molecular formula is C11H13ClO3. The molecule has 0 aliphatic heterocycles. The largest absolute Gasteiger partial charge is 0.492 e. The zero-order valence-corrected chi connectivity index (χ0v) is 9.20. The fourth-order valence-electron chi connectivity index (χ4n) is 1.03. The zero-order valence-electron chi connectivity index (χ0n) is 8.44. The van der Waals surface area contributed by atoms with E-state index in [9.17, 15) is 4.79 Å². The maximum atomic E-state index is 10.5. The first-order valence-electron chi connectivity index (χ1n) is 4.71.